The summed E-state index contributed by atoms with van der Waals surface area (Å²) in [6, 6.07) is 3.80. The molecule has 0 bridgehead atoms. The number of sulfonamides is 1. The Hall–Kier alpha value is -0.955. The van der Waals surface area contributed by atoms with E-state index < -0.39 is 34.2 Å². The Bertz CT molecular complexity index is 730. The van der Waals surface area contributed by atoms with Crippen LogP contribution in [0, 0.1) is 5.82 Å². The van der Waals surface area contributed by atoms with Crippen LogP contribution in [0.1, 0.15) is 47.0 Å². The smallest absolute Gasteiger partial charge is 0.399 e. The van der Waals surface area contributed by atoms with Gasteiger partial charge in [-0.25, -0.2) is 17.5 Å². The lowest BCUT2D eigenvalue weighted by Gasteiger charge is -2.32. The van der Waals surface area contributed by atoms with Crippen molar-refractivity contribution in [2.75, 3.05) is 0 Å². The maximum absolute atomic E-state index is 14.5. The molecule has 3 rings (SSSR count). The summed E-state index contributed by atoms with van der Waals surface area (Å²) in [5, 5.41) is 0. The molecule has 132 valence electrons. The lowest BCUT2D eigenvalue weighted by Crippen LogP contribution is -2.41. The van der Waals surface area contributed by atoms with Crippen molar-refractivity contribution < 1.29 is 22.1 Å². The molecule has 0 aromatic heterocycles. The second kappa shape index (κ2) is 5.80. The van der Waals surface area contributed by atoms with Gasteiger partial charge in [0, 0.05) is 11.5 Å². The third-order valence-corrected chi connectivity index (χ3v) is 6.73. The van der Waals surface area contributed by atoms with Crippen LogP contribution in [0.15, 0.2) is 23.1 Å². The minimum absolute atomic E-state index is 0.0409. The molecule has 2 fully saturated rings. The summed E-state index contributed by atoms with van der Waals surface area (Å²) in [5.74, 6) is -0.648. The lowest BCUT2D eigenvalue weighted by atomic mass is 9.79. The highest BCUT2D eigenvalue weighted by Gasteiger charge is 2.52. The third kappa shape index (κ3) is 3.12. The van der Waals surface area contributed by atoms with Crippen LogP contribution in [0.25, 0.3) is 0 Å². The average molecular weight is 355 g/mol. The molecule has 2 aliphatic rings. The summed E-state index contributed by atoms with van der Waals surface area (Å²) in [6.45, 7) is 7.52. The second-order valence-corrected chi connectivity index (χ2v) is 9.23. The van der Waals surface area contributed by atoms with E-state index in [1.54, 1.807) is 0 Å². The van der Waals surface area contributed by atoms with Crippen LogP contribution in [0.5, 0.6) is 0 Å². The molecule has 8 heteroatoms. The minimum atomic E-state index is -3.70. The van der Waals surface area contributed by atoms with E-state index in [-0.39, 0.29) is 16.4 Å². The van der Waals surface area contributed by atoms with Crippen LogP contribution in [0.4, 0.5) is 4.39 Å². The van der Waals surface area contributed by atoms with E-state index in [4.69, 9.17) is 9.31 Å². The normalized spacial score (nSPS) is 23.3. The first kappa shape index (κ1) is 17.9. The fraction of sp³-hybridized carbons (Fsp3) is 0.625. The fourth-order valence-electron chi connectivity index (χ4n) is 2.65. The predicted molar refractivity (Wildman–Crippen MR) is 90.1 cm³/mol. The number of halogens is 1. The van der Waals surface area contributed by atoms with Crippen LogP contribution in [0.3, 0.4) is 0 Å². The standard InChI is InChI=1S/C16H23BFNO4S/c1-15(2)16(3,4)23-17(22-15)13-9-8-12(10-14(13)18)24(20,21)19-11-6-5-7-11/h8-11,19H,5-7H2,1-4H3. The van der Waals surface area contributed by atoms with Crippen molar-refractivity contribution in [1.82, 2.24) is 4.72 Å². The van der Waals surface area contributed by atoms with E-state index in [9.17, 15) is 12.8 Å². The van der Waals surface area contributed by atoms with Gasteiger partial charge in [0.2, 0.25) is 10.0 Å². The Kier molecular flexibility index (Phi) is 4.31. The van der Waals surface area contributed by atoms with E-state index in [1.807, 2.05) is 27.7 Å². The van der Waals surface area contributed by atoms with E-state index in [1.165, 1.54) is 12.1 Å². The number of hydrogen-bond donors (Lipinski definition) is 1. The molecule has 1 N–H and O–H groups in total. The fourth-order valence-corrected chi connectivity index (χ4v) is 3.97. The van der Waals surface area contributed by atoms with Crippen LogP contribution in [-0.2, 0) is 19.3 Å². The molecule has 1 aliphatic heterocycles. The molecule has 1 heterocycles. The minimum Gasteiger partial charge on any atom is -0.399 e. The van der Waals surface area contributed by atoms with Crippen LogP contribution in [-0.4, -0.2) is 32.8 Å². The zero-order chi connectivity index (χ0) is 17.8. The topological polar surface area (TPSA) is 64.6 Å². The van der Waals surface area contributed by atoms with Crippen LogP contribution < -0.4 is 10.2 Å². The highest BCUT2D eigenvalue weighted by atomic mass is 32.2. The molecule has 1 saturated heterocycles. The van der Waals surface area contributed by atoms with Gasteiger partial charge in [0.05, 0.1) is 16.1 Å². The Morgan fingerprint density at radius 3 is 2.21 bits per heavy atom. The van der Waals surface area contributed by atoms with Crippen molar-refractivity contribution in [1.29, 1.82) is 0 Å². The summed E-state index contributed by atoms with van der Waals surface area (Å²) in [5.41, 5.74) is -0.961. The van der Waals surface area contributed by atoms with E-state index >= 15 is 0 Å². The van der Waals surface area contributed by atoms with Gasteiger partial charge < -0.3 is 9.31 Å². The summed E-state index contributed by atoms with van der Waals surface area (Å²) < 4.78 is 53.3. The molecule has 5 nitrogen and oxygen atoms in total. The monoisotopic (exact) mass is 355 g/mol. The number of rotatable bonds is 4. The maximum atomic E-state index is 14.5. The molecular weight excluding hydrogens is 332 g/mol. The highest BCUT2D eigenvalue weighted by molar-refractivity contribution is 7.89. The molecule has 0 amide bonds. The summed E-state index contributed by atoms with van der Waals surface area (Å²) in [6.07, 6.45) is 2.67. The van der Waals surface area contributed by atoms with Gasteiger partial charge in [-0.1, -0.05) is 12.5 Å². The Labute approximate surface area is 143 Å². The van der Waals surface area contributed by atoms with Crippen LogP contribution in [0.2, 0.25) is 0 Å². The van der Waals surface area contributed by atoms with Gasteiger partial charge in [-0.2, -0.15) is 0 Å². The van der Waals surface area contributed by atoms with Gasteiger partial charge in [-0.05, 0) is 52.7 Å². The Morgan fingerprint density at radius 2 is 1.75 bits per heavy atom. The third-order valence-electron chi connectivity index (χ3n) is 5.22. The van der Waals surface area contributed by atoms with Crippen LogP contribution >= 0.6 is 0 Å². The Morgan fingerprint density at radius 1 is 1.17 bits per heavy atom. The number of hydrogen-bond acceptors (Lipinski definition) is 4. The van der Waals surface area contributed by atoms with Gasteiger partial charge in [-0.15, -0.1) is 0 Å². The Balaban J connectivity index is 1.83. The van der Waals surface area contributed by atoms with E-state index in [2.05, 4.69) is 4.72 Å². The largest absolute Gasteiger partial charge is 0.497 e. The van der Waals surface area contributed by atoms with Crippen molar-refractivity contribution in [3.63, 3.8) is 0 Å². The molecule has 0 unspecified atom stereocenters. The number of nitrogens with one attached hydrogen (secondary N) is 1. The summed E-state index contributed by atoms with van der Waals surface area (Å²) in [7, 11) is -4.56. The quantitative estimate of drug-likeness (QED) is 0.839. The molecule has 0 radical (unpaired) electrons. The molecular formula is C16H23BFNO4S. The van der Waals surface area contributed by atoms with Gasteiger partial charge >= 0.3 is 7.12 Å². The predicted octanol–water partition coefficient (Wildman–Crippen LogP) is 1.96. The van der Waals surface area contributed by atoms with Crippen molar-refractivity contribution in [2.45, 2.75) is 69.1 Å². The molecule has 1 aromatic rings. The first-order valence-corrected chi connectivity index (χ1v) is 9.68. The molecule has 1 aliphatic carbocycles. The van der Waals surface area contributed by atoms with Gasteiger partial charge in [0.15, 0.2) is 0 Å². The maximum Gasteiger partial charge on any atom is 0.497 e. The van der Waals surface area contributed by atoms with Crippen molar-refractivity contribution in [3.05, 3.63) is 24.0 Å². The molecule has 24 heavy (non-hydrogen) atoms. The lowest BCUT2D eigenvalue weighted by molar-refractivity contribution is 0.00578. The van der Waals surface area contributed by atoms with Gasteiger partial charge in [-0.3, -0.25) is 0 Å². The molecule has 0 spiro atoms. The van der Waals surface area contributed by atoms with Crippen molar-refractivity contribution in [3.8, 4) is 0 Å². The zero-order valence-corrected chi connectivity index (χ0v) is 15.2. The first-order chi connectivity index (χ1) is 11.0. The SMILES string of the molecule is CC1(C)OB(c2ccc(S(=O)(=O)NC3CCC3)cc2F)OC1(C)C. The molecule has 0 atom stereocenters. The van der Waals surface area contributed by atoms with E-state index in [0.717, 1.165) is 25.3 Å². The van der Waals surface area contributed by atoms with Crippen molar-refractivity contribution >= 4 is 22.6 Å². The number of benzene rings is 1. The first-order valence-electron chi connectivity index (χ1n) is 8.19. The molecule has 1 aromatic carbocycles. The zero-order valence-electron chi connectivity index (χ0n) is 14.4. The summed E-state index contributed by atoms with van der Waals surface area (Å²) in [4.78, 5) is -0.0767. The van der Waals surface area contributed by atoms with E-state index in [0.29, 0.717) is 0 Å². The highest BCUT2D eigenvalue weighted by Crippen LogP contribution is 2.36. The molecule has 1 saturated carbocycles. The summed E-state index contributed by atoms with van der Waals surface area (Å²) >= 11 is 0. The van der Waals surface area contributed by atoms with Gasteiger partial charge in [0.1, 0.15) is 5.82 Å². The second-order valence-electron chi connectivity index (χ2n) is 7.52. The van der Waals surface area contributed by atoms with Gasteiger partial charge in [0.25, 0.3) is 0 Å². The average Bonchev–Trinajstić information content (AvgIpc) is 2.62. The van der Waals surface area contributed by atoms with Crippen molar-refractivity contribution in [2.24, 2.45) is 0 Å².